The Hall–Kier alpha value is -1.80. The number of anilines is 1. The molecule has 19 heavy (non-hydrogen) atoms. The molecular weight excluding hydrogens is 260 g/mol. The lowest BCUT2D eigenvalue weighted by Crippen LogP contribution is -2.31. The molecule has 1 aliphatic rings. The number of nitrogens with zero attached hydrogens (tertiary/aromatic N) is 2. The molecule has 0 aromatic carbocycles. The van der Waals surface area contributed by atoms with Crippen molar-refractivity contribution >= 4 is 5.82 Å². The monoisotopic (exact) mass is 273 g/mol. The van der Waals surface area contributed by atoms with Gasteiger partial charge in [-0.25, -0.2) is 13.6 Å². The standard InChI is InChI=1S/C11H13F2N3O3/c1-5-3-16(11(18)15-9(5)14)10-8(13)6(2-12)7(4-17)19-10/h2-3,7-8,10,17H,4H2,1H3,(H2,14,15,18). The van der Waals surface area contributed by atoms with Gasteiger partial charge in [0.25, 0.3) is 0 Å². The Bertz CT molecular complexity index is 573. The van der Waals surface area contributed by atoms with E-state index in [1.54, 1.807) is 6.92 Å². The average molecular weight is 273 g/mol. The minimum Gasteiger partial charge on any atom is -0.393 e. The third-order valence-electron chi connectivity index (χ3n) is 2.98. The molecule has 104 valence electrons. The lowest BCUT2D eigenvalue weighted by atomic mass is 10.1. The molecule has 0 saturated carbocycles. The van der Waals surface area contributed by atoms with E-state index in [0.717, 1.165) is 4.57 Å². The maximum absolute atomic E-state index is 14.0. The van der Waals surface area contributed by atoms with E-state index < -0.39 is 30.8 Å². The number of aromatic nitrogens is 2. The van der Waals surface area contributed by atoms with Gasteiger partial charge in [-0.05, 0) is 6.92 Å². The van der Waals surface area contributed by atoms with Crippen LogP contribution in [0, 0.1) is 6.92 Å². The Labute approximate surface area is 107 Å². The second kappa shape index (κ2) is 5.06. The number of alkyl halides is 1. The molecular formula is C11H13F2N3O3. The third-order valence-corrected chi connectivity index (χ3v) is 2.98. The number of aliphatic hydroxyl groups excluding tert-OH is 1. The zero-order valence-electron chi connectivity index (χ0n) is 10.1. The maximum Gasteiger partial charge on any atom is 0.351 e. The lowest BCUT2D eigenvalue weighted by Gasteiger charge is -2.16. The molecule has 1 aromatic heterocycles. The van der Waals surface area contributed by atoms with Crippen molar-refractivity contribution in [2.45, 2.75) is 25.4 Å². The summed E-state index contributed by atoms with van der Waals surface area (Å²) in [6.45, 7) is 1.01. The van der Waals surface area contributed by atoms with Gasteiger partial charge in [0, 0.05) is 17.3 Å². The highest BCUT2D eigenvalue weighted by atomic mass is 19.1. The molecule has 1 aliphatic heterocycles. The molecule has 0 spiro atoms. The zero-order chi connectivity index (χ0) is 14.2. The molecule has 3 N–H and O–H groups in total. The summed E-state index contributed by atoms with van der Waals surface area (Å²) in [4.78, 5) is 15.2. The van der Waals surface area contributed by atoms with Gasteiger partial charge < -0.3 is 15.6 Å². The summed E-state index contributed by atoms with van der Waals surface area (Å²) in [5, 5.41) is 9.00. The van der Waals surface area contributed by atoms with Crippen LogP contribution in [-0.4, -0.2) is 33.5 Å². The van der Waals surface area contributed by atoms with Gasteiger partial charge in [-0.3, -0.25) is 4.57 Å². The second-order valence-corrected chi connectivity index (χ2v) is 4.21. The van der Waals surface area contributed by atoms with Gasteiger partial charge >= 0.3 is 5.69 Å². The number of ether oxygens (including phenoxy) is 1. The summed E-state index contributed by atoms with van der Waals surface area (Å²) in [7, 11) is 0. The smallest absolute Gasteiger partial charge is 0.351 e. The third kappa shape index (κ3) is 2.24. The first kappa shape index (κ1) is 13.6. The van der Waals surface area contributed by atoms with Crippen molar-refractivity contribution in [2.75, 3.05) is 12.3 Å². The zero-order valence-corrected chi connectivity index (χ0v) is 10.1. The minimum atomic E-state index is -1.87. The lowest BCUT2D eigenvalue weighted by molar-refractivity contribution is -0.0375. The molecule has 2 heterocycles. The van der Waals surface area contributed by atoms with Crippen molar-refractivity contribution in [1.29, 1.82) is 0 Å². The van der Waals surface area contributed by atoms with Crippen molar-refractivity contribution in [1.82, 2.24) is 9.55 Å². The first-order valence-electron chi connectivity index (χ1n) is 5.55. The van der Waals surface area contributed by atoms with E-state index in [1.807, 2.05) is 0 Å². The van der Waals surface area contributed by atoms with Gasteiger partial charge in [-0.2, -0.15) is 4.98 Å². The van der Waals surface area contributed by atoms with E-state index >= 15 is 0 Å². The van der Waals surface area contributed by atoms with E-state index in [2.05, 4.69) is 4.98 Å². The summed E-state index contributed by atoms with van der Waals surface area (Å²) in [6, 6.07) is 0. The molecule has 0 amide bonds. The number of hydrogen-bond acceptors (Lipinski definition) is 5. The largest absolute Gasteiger partial charge is 0.393 e. The molecule has 6 nitrogen and oxygen atoms in total. The Morgan fingerprint density at radius 2 is 2.37 bits per heavy atom. The van der Waals surface area contributed by atoms with Gasteiger partial charge in [-0.15, -0.1) is 0 Å². The fourth-order valence-electron chi connectivity index (χ4n) is 1.90. The molecule has 0 bridgehead atoms. The summed E-state index contributed by atoms with van der Waals surface area (Å²) >= 11 is 0. The molecule has 8 heteroatoms. The Kier molecular flexibility index (Phi) is 3.63. The first-order chi connectivity index (χ1) is 8.99. The van der Waals surface area contributed by atoms with Crippen molar-refractivity contribution < 1.29 is 18.6 Å². The molecule has 1 aromatic rings. The molecule has 3 atom stereocenters. The molecule has 0 aliphatic carbocycles. The van der Waals surface area contributed by atoms with Crippen LogP contribution in [0.2, 0.25) is 0 Å². The summed E-state index contributed by atoms with van der Waals surface area (Å²) in [6.07, 6.45) is -3.01. The van der Waals surface area contributed by atoms with Gasteiger partial charge in [0.15, 0.2) is 12.4 Å². The van der Waals surface area contributed by atoms with Crippen LogP contribution in [0.25, 0.3) is 0 Å². The minimum absolute atomic E-state index is 0.0367. The van der Waals surface area contributed by atoms with Crippen LogP contribution in [0.4, 0.5) is 14.6 Å². The Balaban J connectivity index is 2.44. The van der Waals surface area contributed by atoms with Crippen molar-refractivity contribution in [2.24, 2.45) is 0 Å². The van der Waals surface area contributed by atoms with Crippen LogP contribution >= 0.6 is 0 Å². The van der Waals surface area contributed by atoms with E-state index in [1.165, 1.54) is 6.20 Å². The van der Waals surface area contributed by atoms with Crippen LogP contribution in [0.1, 0.15) is 11.8 Å². The molecule has 0 radical (unpaired) electrons. The van der Waals surface area contributed by atoms with Crippen molar-refractivity contribution in [3.63, 3.8) is 0 Å². The number of nitrogens with two attached hydrogens (primary N) is 1. The normalized spacial score (nSPS) is 29.1. The number of rotatable bonds is 2. The SMILES string of the molecule is Cc1cn(C2OC(CO)C(=CF)C2F)c(=O)nc1N. The summed E-state index contributed by atoms with van der Waals surface area (Å²) in [5.74, 6) is 0.0367. The van der Waals surface area contributed by atoms with Crippen LogP contribution in [0.5, 0.6) is 0 Å². The van der Waals surface area contributed by atoms with Gasteiger partial charge in [0.05, 0.1) is 12.9 Å². The van der Waals surface area contributed by atoms with Crippen molar-refractivity contribution in [3.8, 4) is 0 Å². The number of nitrogen functional groups attached to an aromatic ring is 1. The molecule has 3 unspecified atom stereocenters. The number of aliphatic hydroxyl groups is 1. The highest BCUT2D eigenvalue weighted by molar-refractivity contribution is 5.35. The summed E-state index contributed by atoms with van der Waals surface area (Å²) < 4.78 is 32.7. The highest BCUT2D eigenvalue weighted by Crippen LogP contribution is 2.35. The van der Waals surface area contributed by atoms with Gasteiger partial charge in [0.2, 0.25) is 0 Å². The number of hydrogen-bond donors (Lipinski definition) is 2. The van der Waals surface area contributed by atoms with Crippen LogP contribution in [-0.2, 0) is 4.74 Å². The number of aryl methyl sites for hydroxylation is 1. The Morgan fingerprint density at radius 3 is 2.89 bits per heavy atom. The molecule has 1 fully saturated rings. The predicted octanol–water partition coefficient (Wildman–Crippen LogP) is 0.215. The highest BCUT2D eigenvalue weighted by Gasteiger charge is 2.42. The van der Waals surface area contributed by atoms with Crippen LogP contribution in [0.15, 0.2) is 22.9 Å². The molecule has 2 rings (SSSR count). The fourth-order valence-corrected chi connectivity index (χ4v) is 1.90. The maximum atomic E-state index is 14.0. The first-order valence-corrected chi connectivity index (χ1v) is 5.55. The van der Waals surface area contributed by atoms with E-state index in [0.29, 0.717) is 5.56 Å². The topological polar surface area (TPSA) is 90.4 Å². The van der Waals surface area contributed by atoms with E-state index in [-0.39, 0.29) is 17.7 Å². The number of halogens is 2. The fraction of sp³-hybridized carbons (Fsp3) is 0.455. The van der Waals surface area contributed by atoms with Crippen molar-refractivity contribution in [3.05, 3.63) is 34.1 Å². The van der Waals surface area contributed by atoms with E-state index in [9.17, 15) is 13.6 Å². The predicted molar refractivity (Wildman–Crippen MR) is 62.7 cm³/mol. The Morgan fingerprint density at radius 1 is 1.68 bits per heavy atom. The quantitative estimate of drug-likeness (QED) is 0.804. The summed E-state index contributed by atoms with van der Waals surface area (Å²) in [5.41, 5.74) is 4.79. The van der Waals surface area contributed by atoms with Crippen LogP contribution in [0.3, 0.4) is 0 Å². The van der Waals surface area contributed by atoms with E-state index in [4.69, 9.17) is 15.6 Å². The average Bonchev–Trinajstić information content (AvgIpc) is 2.70. The molecule has 1 saturated heterocycles. The second-order valence-electron chi connectivity index (χ2n) is 4.21. The van der Waals surface area contributed by atoms with Crippen LogP contribution < -0.4 is 11.4 Å². The van der Waals surface area contributed by atoms with Gasteiger partial charge in [0.1, 0.15) is 11.9 Å². The van der Waals surface area contributed by atoms with Gasteiger partial charge in [-0.1, -0.05) is 0 Å².